The number of benzene rings is 1. The van der Waals surface area contributed by atoms with Crippen LogP contribution in [0.25, 0.3) is 6.08 Å². The highest BCUT2D eigenvalue weighted by Gasteiger charge is 2.00. The van der Waals surface area contributed by atoms with Gasteiger partial charge in [-0.1, -0.05) is 31.4 Å². The fourth-order valence-electron chi connectivity index (χ4n) is 1.30. The van der Waals surface area contributed by atoms with Crippen LogP contribution in [0, 0.1) is 0 Å². The Morgan fingerprint density at radius 2 is 2.00 bits per heavy atom. The summed E-state index contributed by atoms with van der Waals surface area (Å²) < 4.78 is 10.2. The zero-order chi connectivity index (χ0) is 14.1. The molecule has 0 heterocycles. The third-order valence-corrected chi connectivity index (χ3v) is 2.15. The number of carbonyl (C=O) groups excluding carboxylic acids is 1. The van der Waals surface area contributed by atoms with Crippen LogP contribution in [0.2, 0.25) is 0 Å². The first-order chi connectivity index (χ1) is 9.17. The summed E-state index contributed by atoms with van der Waals surface area (Å²) in [5, 5.41) is 0. The number of hydrogen-bond donors (Lipinski definition) is 1. The van der Waals surface area contributed by atoms with E-state index in [1.54, 1.807) is 30.4 Å². The molecule has 0 saturated heterocycles. The summed E-state index contributed by atoms with van der Waals surface area (Å²) in [6.45, 7) is 7.61. The SMILES string of the molecule is C=CCOC(=O)/C=C/c1ccc(OCC=C)c(N)c1. The molecule has 1 aromatic rings. The Hall–Kier alpha value is -2.49. The van der Waals surface area contributed by atoms with Crippen molar-refractivity contribution in [1.29, 1.82) is 0 Å². The molecule has 1 aromatic carbocycles. The van der Waals surface area contributed by atoms with Gasteiger partial charge in [0.15, 0.2) is 0 Å². The van der Waals surface area contributed by atoms with Crippen LogP contribution in [-0.2, 0) is 9.53 Å². The van der Waals surface area contributed by atoms with Gasteiger partial charge in [0.05, 0.1) is 5.69 Å². The number of nitrogens with two attached hydrogens (primary N) is 1. The van der Waals surface area contributed by atoms with Crippen LogP contribution < -0.4 is 10.5 Å². The number of hydrogen-bond acceptors (Lipinski definition) is 4. The number of esters is 1. The van der Waals surface area contributed by atoms with Crippen molar-refractivity contribution in [3.63, 3.8) is 0 Å². The molecule has 19 heavy (non-hydrogen) atoms. The van der Waals surface area contributed by atoms with E-state index in [1.807, 2.05) is 0 Å². The smallest absolute Gasteiger partial charge is 0.331 e. The second kappa shape index (κ2) is 7.76. The van der Waals surface area contributed by atoms with Crippen LogP contribution in [0.5, 0.6) is 5.75 Å². The number of carbonyl (C=O) groups is 1. The van der Waals surface area contributed by atoms with E-state index in [2.05, 4.69) is 13.2 Å². The van der Waals surface area contributed by atoms with E-state index in [1.165, 1.54) is 12.2 Å². The lowest BCUT2D eigenvalue weighted by Crippen LogP contribution is -2.00. The van der Waals surface area contributed by atoms with Gasteiger partial charge in [-0.3, -0.25) is 0 Å². The second-order valence-electron chi connectivity index (χ2n) is 3.65. The van der Waals surface area contributed by atoms with Crippen molar-refractivity contribution >= 4 is 17.7 Å². The molecule has 4 heteroatoms. The van der Waals surface area contributed by atoms with Crippen molar-refractivity contribution in [3.05, 3.63) is 55.1 Å². The first-order valence-corrected chi connectivity index (χ1v) is 5.76. The van der Waals surface area contributed by atoms with Gasteiger partial charge in [-0.2, -0.15) is 0 Å². The molecule has 0 aliphatic heterocycles. The van der Waals surface area contributed by atoms with Crippen molar-refractivity contribution in [3.8, 4) is 5.75 Å². The van der Waals surface area contributed by atoms with Crippen molar-refractivity contribution < 1.29 is 14.3 Å². The Morgan fingerprint density at radius 3 is 2.63 bits per heavy atom. The Labute approximate surface area is 112 Å². The highest BCUT2D eigenvalue weighted by Crippen LogP contribution is 2.23. The third-order valence-electron chi connectivity index (χ3n) is 2.15. The molecule has 0 unspecified atom stereocenters. The summed E-state index contributed by atoms with van der Waals surface area (Å²) in [5.41, 5.74) is 7.12. The molecule has 0 bridgehead atoms. The molecular weight excluding hydrogens is 242 g/mol. The molecule has 0 amide bonds. The first-order valence-electron chi connectivity index (χ1n) is 5.76. The maximum atomic E-state index is 11.2. The highest BCUT2D eigenvalue weighted by atomic mass is 16.5. The number of rotatable bonds is 7. The van der Waals surface area contributed by atoms with E-state index >= 15 is 0 Å². The lowest BCUT2D eigenvalue weighted by molar-refractivity contribution is -0.136. The topological polar surface area (TPSA) is 61.5 Å². The Kier molecular flexibility index (Phi) is 5.95. The minimum Gasteiger partial charge on any atom is -0.487 e. The lowest BCUT2D eigenvalue weighted by atomic mass is 10.2. The molecule has 0 aliphatic rings. The van der Waals surface area contributed by atoms with E-state index in [9.17, 15) is 4.79 Å². The van der Waals surface area contributed by atoms with Gasteiger partial charge in [0, 0.05) is 6.08 Å². The van der Waals surface area contributed by atoms with Crippen LogP contribution in [-0.4, -0.2) is 19.2 Å². The number of anilines is 1. The highest BCUT2D eigenvalue weighted by molar-refractivity contribution is 5.87. The van der Waals surface area contributed by atoms with Gasteiger partial charge in [0.25, 0.3) is 0 Å². The van der Waals surface area contributed by atoms with Crippen molar-refractivity contribution in [2.45, 2.75) is 0 Å². The van der Waals surface area contributed by atoms with Crippen LogP contribution in [0.3, 0.4) is 0 Å². The molecule has 0 fully saturated rings. The fraction of sp³-hybridized carbons (Fsp3) is 0.133. The molecule has 0 aromatic heterocycles. The largest absolute Gasteiger partial charge is 0.487 e. The molecule has 4 nitrogen and oxygen atoms in total. The van der Waals surface area contributed by atoms with Crippen molar-refractivity contribution in [2.24, 2.45) is 0 Å². The molecule has 1 rings (SSSR count). The van der Waals surface area contributed by atoms with Gasteiger partial charge in [0.2, 0.25) is 0 Å². The predicted molar refractivity (Wildman–Crippen MR) is 76.7 cm³/mol. The Morgan fingerprint density at radius 1 is 1.26 bits per heavy atom. The maximum absolute atomic E-state index is 11.2. The molecule has 0 saturated carbocycles. The van der Waals surface area contributed by atoms with Gasteiger partial charge in [-0.15, -0.1) is 0 Å². The summed E-state index contributed by atoms with van der Waals surface area (Å²) in [6.07, 6.45) is 6.11. The molecule has 0 radical (unpaired) electrons. The minimum absolute atomic E-state index is 0.194. The van der Waals surface area contributed by atoms with E-state index in [-0.39, 0.29) is 6.61 Å². The second-order valence-corrected chi connectivity index (χ2v) is 3.65. The number of nitrogen functional groups attached to an aromatic ring is 1. The average molecular weight is 259 g/mol. The fourth-order valence-corrected chi connectivity index (χ4v) is 1.30. The Bertz CT molecular complexity index is 492. The van der Waals surface area contributed by atoms with Gasteiger partial charge in [-0.05, 0) is 23.8 Å². The van der Waals surface area contributed by atoms with Gasteiger partial charge in [0.1, 0.15) is 19.0 Å². The number of ether oxygens (including phenoxy) is 2. The van der Waals surface area contributed by atoms with Crippen molar-refractivity contribution in [2.75, 3.05) is 18.9 Å². The zero-order valence-corrected chi connectivity index (χ0v) is 10.7. The molecule has 0 atom stereocenters. The van der Waals surface area contributed by atoms with E-state index < -0.39 is 5.97 Å². The standard InChI is InChI=1S/C15H17NO3/c1-3-9-18-14-7-5-12(11-13(14)16)6-8-15(17)19-10-4-2/h3-8,11H,1-2,9-10,16H2/b8-6+. The summed E-state index contributed by atoms with van der Waals surface area (Å²) in [7, 11) is 0. The molecule has 2 N–H and O–H groups in total. The molecular formula is C15H17NO3. The quantitative estimate of drug-likeness (QED) is 0.354. The molecule has 100 valence electrons. The van der Waals surface area contributed by atoms with Gasteiger partial charge >= 0.3 is 5.97 Å². The van der Waals surface area contributed by atoms with Crippen LogP contribution in [0.1, 0.15) is 5.56 Å². The normalized spacial score (nSPS) is 10.1. The summed E-state index contributed by atoms with van der Waals surface area (Å²) in [6, 6.07) is 5.26. The summed E-state index contributed by atoms with van der Waals surface area (Å²) >= 11 is 0. The van der Waals surface area contributed by atoms with Gasteiger partial charge < -0.3 is 15.2 Å². The summed E-state index contributed by atoms with van der Waals surface area (Å²) in [4.78, 5) is 11.2. The zero-order valence-electron chi connectivity index (χ0n) is 10.7. The average Bonchev–Trinajstić information content (AvgIpc) is 2.41. The monoisotopic (exact) mass is 259 g/mol. The van der Waals surface area contributed by atoms with E-state index in [0.717, 1.165) is 5.56 Å². The van der Waals surface area contributed by atoms with Crippen LogP contribution >= 0.6 is 0 Å². The molecule has 0 aliphatic carbocycles. The third kappa shape index (κ3) is 5.12. The summed E-state index contributed by atoms with van der Waals surface area (Å²) in [5.74, 6) is 0.164. The van der Waals surface area contributed by atoms with Gasteiger partial charge in [-0.25, -0.2) is 4.79 Å². The molecule has 0 spiro atoms. The maximum Gasteiger partial charge on any atom is 0.331 e. The lowest BCUT2D eigenvalue weighted by Gasteiger charge is -2.07. The van der Waals surface area contributed by atoms with E-state index in [0.29, 0.717) is 18.0 Å². The predicted octanol–water partition coefficient (Wildman–Crippen LogP) is 2.58. The Balaban J connectivity index is 2.67. The first kappa shape index (κ1) is 14.6. The van der Waals surface area contributed by atoms with Crippen LogP contribution in [0.15, 0.2) is 49.6 Å². The van der Waals surface area contributed by atoms with E-state index in [4.69, 9.17) is 15.2 Å². The van der Waals surface area contributed by atoms with Crippen LogP contribution in [0.4, 0.5) is 5.69 Å². The van der Waals surface area contributed by atoms with Crippen molar-refractivity contribution in [1.82, 2.24) is 0 Å². The minimum atomic E-state index is -0.426.